The van der Waals surface area contributed by atoms with Crippen molar-refractivity contribution in [2.45, 2.75) is 0 Å². The SMILES string of the molecule is c1ccc(-c2nc(-c3ccccc3)nc(-c3ccc(-c4cccc(-n5c6ccccc6c6ccc7c(nc8c9ccccc9c9ccccc9n78)c65)c4)cc3)n2)cc1. The van der Waals surface area contributed by atoms with Crippen LogP contribution in [0.25, 0.3) is 111 Å². The maximum Gasteiger partial charge on any atom is 0.164 e. The first kappa shape index (κ1) is 32.3. The summed E-state index contributed by atoms with van der Waals surface area (Å²) in [7, 11) is 0. The Morgan fingerprint density at radius 1 is 0.310 bits per heavy atom. The highest BCUT2D eigenvalue weighted by Crippen LogP contribution is 2.40. The molecule has 6 nitrogen and oxygen atoms in total. The lowest BCUT2D eigenvalue weighted by Crippen LogP contribution is -2.00. The lowest BCUT2D eigenvalue weighted by atomic mass is 10.0. The fraction of sp³-hybridized carbons (Fsp3) is 0. The number of hydrogen-bond donors (Lipinski definition) is 0. The maximum absolute atomic E-state index is 5.50. The summed E-state index contributed by atoms with van der Waals surface area (Å²) in [6.45, 7) is 0. The number of pyridine rings is 1. The Morgan fingerprint density at radius 3 is 1.50 bits per heavy atom. The van der Waals surface area contributed by atoms with Gasteiger partial charge in [-0.05, 0) is 52.9 Å². The molecule has 4 heterocycles. The summed E-state index contributed by atoms with van der Waals surface area (Å²) >= 11 is 0. The van der Waals surface area contributed by atoms with E-state index in [2.05, 4.69) is 142 Å². The van der Waals surface area contributed by atoms with Gasteiger partial charge in [0.15, 0.2) is 17.5 Å². The smallest absolute Gasteiger partial charge is 0.164 e. The van der Waals surface area contributed by atoms with Crippen LogP contribution in [0.2, 0.25) is 0 Å². The Bertz CT molecular complexity index is 3490. The number of nitrogens with zero attached hydrogens (tertiary/aromatic N) is 6. The number of imidazole rings is 1. The van der Waals surface area contributed by atoms with Gasteiger partial charge in [-0.15, -0.1) is 0 Å². The second kappa shape index (κ2) is 12.8. The van der Waals surface area contributed by atoms with Crippen LogP contribution in [0.1, 0.15) is 0 Å². The van der Waals surface area contributed by atoms with Crippen molar-refractivity contribution in [2.24, 2.45) is 0 Å². The van der Waals surface area contributed by atoms with E-state index in [9.17, 15) is 0 Å². The molecule has 0 saturated heterocycles. The second-order valence-electron chi connectivity index (χ2n) is 14.7. The molecule has 12 aromatic rings. The van der Waals surface area contributed by atoms with Crippen molar-refractivity contribution in [2.75, 3.05) is 0 Å². The van der Waals surface area contributed by atoms with Gasteiger partial charge in [0.2, 0.25) is 0 Å². The fourth-order valence-corrected chi connectivity index (χ4v) is 8.67. The number of para-hydroxylation sites is 2. The number of fused-ring (bicyclic) bond motifs is 12. The molecule has 0 unspecified atom stereocenters. The largest absolute Gasteiger partial charge is 0.307 e. The van der Waals surface area contributed by atoms with E-state index in [4.69, 9.17) is 19.9 Å². The van der Waals surface area contributed by atoms with E-state index in [0.717, 1.165) is 72.1 Å². The van der Waals surface area contributed by atoms with Crippen LogP contribution >= 0.6 is 0 Å². The van der Waals surface area contributed by atoms with Gasteiger partial charge in [0.25, 0.3) is 0 Å². The third-order valence-corrected chi connectivity index (χ3v) is 11.3. The Hall–Kier alpha value is -7.96. The van der Waals surface area contributed by atoms with E-state index in [1.54, 1.807) is 0 Å². The van der Waals surface area contributed by atoms with E-state index in [1.165, 1.54) is 21.5 Å². The molecule has 0 atom stereocenters. The van der Waals surface area contributed by atoms with Gasteiger partial charge in [0.1, 0.15) is 11.2 Å². The molecule has 6 heteroatoms. The topological polar surface area (TPSA) is 60.9 Å². The highest BCUT2D eigenvalue weighted by atomic mass is 15.1. The third-order valence-electron chi connectivity index (χ3n) is 11.3. The molecule has 0 fully saturated rings. The monoisotopic (exact) mass is 740 g/mol. The summed E-state index contributed by atoms with van der Waals surface area (Å²) in [6.07, 6.45) is 0. The predicted octanol–water partition coefficient (Wildman–Crippen LogP) is 12.7. The summed E-state index contributed by atoms with van der Waals surface area (Å²) in [5.41, 5.74) is 12.5. The minimum Gasteiger partial charge on any atom is -0.307 e. The minimum absolute atomic E-state index is 0.635. The highest BCUT2D eigenvalue weighted by molar-refractivity contribution is 6.20. The first-order valence-electron chi connectivity index (χ1n) is 19.5. The molecule has 0 amide bonds. The summed E-state index contributed by atoms with van der Waals surface area (Å²) in [4.78, 5) is 20.3. The predicted molar refractivity (Wildman–Crippen MR) is 237 cm³/mol. The van der Waals surface area contributed by atoms with Gasteiger partial charge < -0.3 is 4.57 Å². The molecule has 12 rings (SSSR count). The van der Waals surface area contributed by atoms with Gasteiger partial charge in [-0.25, -0.2) is 19.9 Å². The molecule has 4 aromatic heterocycles. The van der Waals surface area contributed by atoms with Crippen molar-refractivity contribution in [1.29, 1.82) is 0 Å². The summed E-state index contributed by atoms with van der Waals surface area (Å²) < 4.78 is 4.73. The standard InChI is InChI=1S/C52H32N6/c1-3-14-34(15-4-1)49-54-50(35-16-5-2-6-17-35)56-51(55-49)36-28-26-33(27-29-36)37-18-13-19-38(32-37)57-44-24-11-10-22-41(44)42-30-31-46-47(48(42)57)53-52-43-23-8-7-20-39(43)40-21-9-12-25-45(40)58(46)52/h1-32H. The Balaban J connectivity index is 1.01. The van der Waals surface area contributed by atoms with E-state index >= 15 is 0 Å². The van der Waals surface area contributed by atoms with Crippen molar-refractivity contribution in [3.63, 3.8) is 0 Å². The van der Waals surface area contributed by atoms with Crippen LogP contribution < -0.4 is 0 Å². The second-order valence-corrected chi connectivity index (χ2v) is 14.7. The van der Waals surface area contributed by atoms with Crippen molar-refractivity contribution >= 4 is 60.2 Å². The Kier molecular flexibility index (Phi) is 7.13. The normalized spacial score (nSPS) is 11.8. The molecule has 58 heavy (non-hydrogen) atoms. The molecule has 270 valence electrons. The molecular weight excluding hydrogens is 709 g/mol. The van der Waals surface area contributed by atoms with E-state index < -0.39 is 0 Å². The number of hydrogen-bond acceptors (Lipinski definition) is 4. The molecule has 0 saturated carbocycles. The fourth-order valence-electron chi connectivity index (χ4n) is 8.67. The van der Waals surface area contributed by atoms with Crippen LogP contribution in [0.3, 0.4) is 0 Å². The van der Waals surface area contributed by atoms with Crippen molar-refractivity contribution in [3.8, 4) is 51.0 Å². The average Bonchev–Trinajstić information content (AvgIpc) is 3.87. The quantitative estimate of drug-likeness (QED) is 0.165. The van der Waals surface area contributed by atoms with Crippen LogP contribution in [0.4, 0.5) is 0 Å². The minimum atomic E-state index is 0.635. The van der Waals surface area contributed by atoms with Crippen molar-refractivity contribution < 1.29 is 0 Å². The van der Waals surface area contributed by atoms with Crippen LogP contribution in [0, 0.1) is 0 Å². The van der Waals surface area contributed by atoms with Crippen LogP contribution in [0.5, 0.6) is 0 Å². The van der Waals surface area contributed by atoms with Gasteiger partial charge in [-0.1, -0.05) is 158 Å². The molecule has 0 radical (unpaired) electrons. The zero-order chi connectivity index (χ0) is 38.2. The molecule has 0 aliphatic rings. The highest BCUT2D eigenvalue weighted by Gasteiger charge is 2.21. The zero-order valence-electron chi connectivity index (χ0n) is 31.2. The van der Waals surface area contributed by atoms with E-state index in [-0.39, 0.29) is 0 Å². The first-order valence-corrected chi connectivity index (χ1v) is 19.5. The molecule has 0 aliphatic carbocycles. The van der Waals surface area contributed by atoms with Gasteiger partial charge in [0, 0.05) is 43.9 Å². The first-order chi connectivity index (χ1) is 28.8. The lowest BCUT2D eigenvalue weighted by molar-refractivity contribution is 1.07. The Labute approximate surface area is 333 Å². The van der Waals surface area contributed by atoms with Gasteiger partial charge in [-0.2, -0.15) is 0 Å². The molecule has 0 aliphatic heterocycles. The molecule has 0 spiro atoms. The molecular formula is C52H32N6. The van der Waals surface area contributed by atoms with Crippen LogP contribution in [-0.4, -0.2) is 28.9 Å². The van der Waals surface area contributed by atoms with Gasteiger partial charge in [-0.3, -0.25) is 4.40 Å². The van der Waals surface area contributed by atoms with Crippen LogP contribution in [0.15, 0.2) is 194 Å². The van der Waals surface area contributed by atoms with Crippen LogP contribution in [-0.2, 0) is 0 Å². The molecule has 0 bridgehead atoms. The number of rotatable bonds is 5. The lowest BCUT2D eigenvalue weighted by Gasteiger charge is -2.11. The van der Waals surface area contributed by atoms with Gasteiger partial charge >= 0.3 is 0 Å². The Morgan fingerprint density at radius 2 is 0.828 bits per heavy atom. The summed E-state index contributed by atoms with van der Waals surface area (Å²) in [6, 6.07) is 67.9. The van der Waals surface area contributed by atoms with Crippen molar-refractivity contribution in [3.05, 3.63) is 194 Å². The van der Waals surface area contributed by atoms with E-state index in [1.807, 2.05) is 60.7 Å². The summed E-state index contributed by atoms with van der Waals surface area (Å²) in [5.74, 6) is 1.93. The maximum atomic E-state index is 5.50. The third kappa shape index (κ3) is 4.98. The molecule has 0 N–H and O–H groups in total. The zero-order valence-corrected chi connectivity index (χ0v) is 31.2. The average molecular weight is 741 g/mol. The molecule has 8 aromatic carbocycles. The van der Waals surface area contributed by atoms with Crippen molar-refractivity contribution in [1.82, 2.24) is 28.9 Å². The number of aromatic nitrogens is 6. The number of benzene rings is 8. The summed E-state index contributed by atoms with van der Waals surface area (Å²) in [5, 5.41) is 5.94. The van der Waals surface area contributed by atoms with Gasteiger partial charge in [0.05, 0.1) is 22.1 Å². The van der Waals surface area contributed by atoms with E-state index in [0.29, 0.717) is 17.5 Å².